The van der Waals surface area contributed by atoms with E-state index in [2.05, 4.69) is 15.3 Å². The van der Waals surface area contributed by atoms with E-state index in [0.29, 0.717) is 16.1 Å². The van der Waals surface area contributed by atoms with Crippen molar-refractivity contribution in [3.8, 4) is 17.1 Å². The van der Waals surface area contributed by atoms with Gasteiger partial charge in [-0.05, 0) is 11.4 Å². The quantitative estimate of drug-likeness (QED) is 0.562. The SMILES string of the molecule is O=C(Nc1cscc1-c1nc(C(=O)O)c(O)c(=O)[nH]1)c1cccs1. The molecule has 3 rings (SSSR count). The predicted molar refractivity (Wildman–Crippen MR) is 89.1 cm³/mol. The van der Waals surface area contributed by atoms with Gasteiger partial charge in [0, 0.05) is 10.8 Å². The van der Waals surface area contributed by atoms with Gasteiger partial charge in [0.25, 0.3) is 11.5 Å². The van der Waals surface area contributed by atoms with Gasteiger partial charge in [0.2, 0.25) is 5.75 Å². The number of anilines is 1. The Bertz CT molecular complexity index is 975. The zero-order chi connectivity index (χ0) is 17.3. The van der Waals surface area contributed by atoms with Crippen molar-refractivity contribution in [1.29, 1.82) is 0 Å². The average molecular weight is 363 g/mol. The molecule has 0 saturated carbocycles. The molecule has 0 radical (unpaired) electrons. The van der Waals surface area contributed by atoms with E-state index in [1.807, 2.05) is 0 Å². The third-order valence-electron chi connectivity index (χ3n) is 3.01. The van der Waals surface area contributed by atoms with Gasteiger partial charge in [-0.2, -0.15) is 0 Å². The van der Waals surface area contributed by atoms with Crippen LogP contribution in [0.4, 0.5) is 5.69 Å². The first-order valence-electron chi connectivity index (χ1n) is 6.45. The second kappa shape index (κ2) is 6.26. The van der Waals surface area contributed by atoms with Crippen LogP contribution in [0.25, 0.3) is 11.4 Å². The monoisotopic (exact) mass is 363 g/mol. The van der Waals surface area contributed by atoms with Gasteiger partial charge in [0.1, 0.15) is 5.82 Å². The lowest BCUT2D eigenvalue weighted by atomic mass is 10.2. The molecule has 122 valence electrons. The molecule has 0 atom stereocenters. The van der Waals surface area contributed by atoms with Crippen LogP contribution in [-0.2, 0) is 0 Å². The molecule has 24 heavy (non-hydrogen) atoms. The number of nitrogens with one attached hydrogen (secondary N) is 2. The van der Waals surface area contributed by atoms with E-state index in [-0.39, 0.29) is 11.7 Å². The number of hydrogen-bond donors (Lipinski definition) is 4. The maximum Gasteiger partial charge on any atom is 0.358 e. The molecule has 3 aromatic heterocycles. The summed E-state index contributed by atoms with van der Waals surface area (Å²) in [4.78, 5) is 41.5. The molecule has 3 aromatic rings. The summed E-state index contributed by atoms with van der Waals surface area (Å²) in [5.74, 6) is -2.88. The number of aromatic carboxylic acids is 1. The molecule has 0 fully saturated rings. The van der Waals surface area contributed by atoms with E-state index in [1.54, 1.807) is 28.3 Å². The van der Waals surface area contributed by atoms with E-state index in [4.69, 9.17) is 5.11 Å². The molecule has 0 spiro atoms. The van der Waals surface area contributed by atoms with Crippen LogP contribution in [0.1, 0.15) is 20.2 Å². The Labute approximate surface area is 142 Å². The first kappa shape index (κ1) is 15.9. The largest absolute Gasteiger partial charge is 0.501 e. The number of carboxylic acids is 1. The Morgan fingerprint density at radius 3 is 2.75 bits per heavy atom. The molecule has 0 aliphatic carbocycles. The van der Waals surface area contributed by atoms with Crippen molar-refractivity contribution in [3.63, 3.8) is 0 Å². The molecule has 0 saturated heterocycles. The van der Waals surface area contributed by atoms with Crippen LogP contribution in [0.3, 0.4) is 0 Å². The second-order valence-corrected chi connectivity index (χ2v) is 6.24. The van der Waals surface area contributed by atoms with Crippen LogP contribution in [0.2, 0.25) is 0 Å². The molecule has 0 unspecified atom stereocenters. The number of thiophene rings is 2. The predicted octanol–water partition coefficient (Wildman–Crippen LogP) is 2.22. The van der Waals surface area contributed by atoms with Gasteiger partial charge in [-0.15, -0.1) is 22.7 Å². The zero-order valence-corrected chi connectivity index (χ0v) is 13.4. The summed E-state index contributed by atoms with van der Waals surface area (Å²) >= 11 is 2.51. The van der Waals surface area contributed by atoms with E-state index in [1.165, 1.54) is 22.7 Å². The summed E-state index contributed by atoms with van der Waals surface area (Å²) in [5, 5.41) is 26.2. The highest BCUT2D eigenvalue weighted by atomic mass is 32.1. The molecular formula is C14H9N3O5S2. The molecule has 1 amide bonds. The average Bonchev–Trinajstić information content (AvgIpc) is 3.20. The number of aromatic nitrogens is 2. The van der Waals surface area contributed by atoms with Gasteiger partial charge < -0.3 is 20.5 Å². The van der Waals surface area contributed by atoms with Crippen molar-refractivity contribution >= 4 is 40.2 Å². The van der Waals surface area contributed by atoms with E-state index in [0.717, 1.165) is 0 Å². The van der Waals surface area contributed by atoms with Gasteiger partial charge in [-0.1, -0.05) is 6.07 Å². The molecule has 4 N–H and O–H groups in total. The minimum atomic E-state index is -1.53. The summed E-state index contributed by atoms with van der Waals surface area (Å²) in [7, 11) is 0. The van der Waals surface area contributed by atoms with Crippen molar-refractivity contribution in [2.45, 2.75) is 0 Å². The Morgan fingerprint density at radius 1 is 1.29 bits per heavy atom. The molecule has 8 nitrogen and oxygen atoms in total. The van der Waals surface area contributed by atoms with Gasteiger partial charge in [-0.3, -0.25) is 9.59 Å². The summed E-state index contributed by atoms with van der Waals surface area (Å²) in [5.41, 5.74) is -0.997. The van der Waals surface area contributed by atoms with E-state index >= 15 is 0 Å². The van der Waals surface area contributed by atoms with Gasteiger partial charge >= 0.3 is 5.97 Å². The number of carboxylic acid groups (broad SMARTS) is 1. The van der Waals surface area contributed by atoms with Gasteiger partial charge in [0.15, 0.2) is 5.69 Å². The summed E-state index contributed by atoms with van der Waals surface area (Å²) in [6, 6.07) is 3.40. The van der Waals surface area contributed by atoms with Crippen molar-refractivity contribution < 1.29 is 19.8 Å². The Morgan fingerprint density at radius 2 is 2.08 bits per heavy atom. The van der Waals surface area contributed by atoms with Crippen LogP contribution < -0.4 is 10.9 Å². The molecule has 0 bridgehead atoms. The number of nitrogens with zero attached hydrogens (tertiary/aromatic N) is 1. The molecule has 10 heteroatoms. The van der Waals surface area contributed by atoms with Crippen molar-refractivity contribution in [2.24, 2.45) is 0 Å². The van der Waals surface area contributed by atoms with Crippen LogP contribution in [0.5, 0.6) is 5.75 Å². The van der Waals surface area contributed by atoms with Gasteiger partial charge in [0.05, 0.1) is 16.1 Å². The number of amides is 1. The number of carbonyl (C=O) groups is 2. The van der Waals surface area contributed by atoms with E-state index in [9.17, 15) is 19.5 Å². The highest BCUT2D eigenvalue weighted by Gasteiger charge is 2.20. The standard InChI is InChI=1S/C14H9N3O5S2/c18-10-9(14(21)22)16-11(17-13(10)20)6-4-23-5-7(6)15-12(19)8-2-1-3-24-8/h1-5,18H,(H,15,19)(H,21,22)(H,16,17,20). The maximum absolute atomic E-state index is 12.1. The lowest BCUT2D eigenvalue weighted by Crippen LogP contribution is -2.16. The minimum Gasteiger partial charge on any atom is -0.501 e. The highest BCUT2D eigenvalue weighted by molar-refractivity contribution is 7.12. The highest BCUT2D eigenvalue weighted by Crippen LogP contribution is 2.30. The van der Waals surface area contributed by atoms with Crippen molar-refractivity contribution in [1.82, 2.24) is 9.97 Å². The van der Waals surface area contributed by atoms with Crippen LogP contribution in [0, 0.1) is 0 Å². The minimum absolute atomic E-state index is 0.0575. The fourth-order valence-electron chi connectivity index (χ4n) is 1.91. The maximum atomic E-state index is 12.1. The van der Waals surface area contributed by atoms with Crippen LogP contribution in [0.15, 0.2) is 33.1 Å². The number of aromatic hydroxyl groups is 1. The second-order valence-electron chi connectivity index (χ2n) is 4.55. The lowest BCUT2D eigenvalue weighted by Gasteiger charge is -2.06. The normalized spacial score (nSPS) is 10.5. The van der Waals surface area contributed by atoms with Gasteiger partial charge in [-0.25, -0.2) is 9.78 Å². The molecule has 3 heterocycles. The third kappa shape index (κ3) is 2.92. The zero-order valence-electron chi connectivity index (χ0n) is 11.8. The first-order valence-corrected chi connectivity index (χ1v) is 8.27. The summed E-state index contributed by atoms with van der Waals surface area (Å²) in [6.45, 7) is 0. The smallest absolute Gasteiger partial charge is 0.358 e. The number of rotatable bonds is 4. The Kier molecular flexibility index (Phi) is 4.15. The number of hydrogen-bond acceptors (Lipinski definition) is 7. The molecule has 0 aromatic carbocycles. The molecular weight excluding hydrogens is 354 g/mol. The van der Waals surface area contributed by atoms with Crippen LogP contribution in [-0.4, -0.2) is 32.1 Å². The lowest BCUT2D eigenvalue weighted by molar-refractivity contribution is 0.0686. The van der Waals surface area contributed by atoms with Crippen molar-refractivity contribution in [3.05, 3.63) is 49.2 Å². The molecule has 0 aliphatic rings. The number of aromatic amines is 1. The molecule has 0 aliphatic heterocycles. The Hall–Kier alpha value is -2.98. The summed E-state index contributed by atoms with van der Waals surface area (Å²) in [6.07, 6.45) is 0. The Balaban J connectivity index is 2.00. The fraction of sp³-hybridized carbons (Fsp3) is 0. The summed E-state index contributed by atoms with van der Waals surface area (Å²) < 4.78 is 0. The van der Waals surface area contributed by atoms with Crippen molar-refractivity contribution in [2.75, 3.05) is 5.32 Å². The third-order valence-corrected chi connectivity index (χ3v) is 4.62. The number of carbonyl (C=O) groups excluding carboxylic acids is 1. The number of H-pyrrole nitrogens is 1. The first-order chi connectivity index (χ1) is 11.5. The van der Waals surface area contributed by atoms with E-state index < -0.39 is 23.0 Å². The topological polar surface area (TPSA) is 132 Å². The van der Waals surface area contributed by atoms with Crippen LogP contribution >= 0.6 is 22.7 Å². The fourth-order valence-corrected chi connectivity index (χ4v) is 3.30.